The molecule has 0 radical (unpaired) electrons. The molecule has 104 valence electrons. The Morgan fingerprint density at radius 1 is 1.20 bits per heavy atom. The zero-order valence-electron chi connectivity index (χ0n) is 10.9. The Kier molecular flexibility index (Phi) is 4.29. The summed E-state index contributed by atoms with van der Waals surface area (Å²) in [5.41, 5.74) is 1.24. The van der Waals surface area contributed by atoms with Crippen LogP contribution in [-0.4, -0.2) is 6.04 Å². The minimum absolute atomic E-state index is 0.614. The predicted octanol–water partition coefficient (Wildman–Crippen LogP) is 5.15. The van der Waals surface area contributed by atoms with E-state index >= 15 is 0 Å². The SMILES string of the molecule is Clc1ccccc1Oc1ccc(CNC2CC2)c(Br)c1. The second kappa shape index (κ2) is 6.17. The summed E-state index contributed by atoms with van der Waals surface area (Å²) in [5.74, 6) is 1.45. The summed E-state index contributed by atoms with van der Waals surface area (Å²) in [6.07, 6.45) is 2.59. The van der Waals surface area contributed by atoms with Gasteiger partial charge in [-0.05, 0) is 42.7 Å². The van der Waals surface area contributed by atoms with Gasteiger partial charge in [-0.15, -0.1) is 0 Å². The van der Waals surface area contributed by atoms with Crippen LogP contribution in [-0.2, 0) is 6.54 Å². The van der Waals surface area contributed by atoms with E-state index in [2.05, 4.69) is 27.3 Å². The lowest BCUT2D eigenvalue weighted by Crippen LogP contribution is -2.15. The zero-order chi connectivity index (χ0) is 13.9. The minimum Gasteiger partial charge on any atom is -0.456 e. The van der Waals surface area contributed by atoms with Crippen molar-refractivity contribution < 1.29 is 4.74 Å². The molecule has 1 saturated carbocycles. The molecule has 1 aliphatic rings. The highest BCUT2D eigenvalue weighted by Gasteiger charge is 2.20. The summed E-state index contributed by atoms with van der Waals surface area (Å²) in [7, 11) is 0. The van der Waals surface area contributed by atoms with Gasteiger partial charge in [-0.25, -0.2) is 0 Å². The molecule has 0 bridgehead atoms. The van der Waals surface area contributed by atoms with E-state index in [4.69, 9.17) is 16.3 Å². The van der Waals surface area contributed by atoms with Crippen LogP contribution < -0.4 is 10.1 Å². The highest BCUT2D eigenvalue weighted by atomic mass is 79.9. The standard InChI is InChI=1S/C16H15BrClNO/c17-14-9-13(20-16-4-2-1-3-15(16)18)8-5-11(14)10-19-12-6-7-12/h1-5,8-9,12,19H,6-7,10H2. The maximum absolute atomic E-state index is 6.09. The number of nitrogens with one attached hydrogen (secondary N) is 1. The van der Waals surface area contributed by atoms with Crippen molar-refractivity contribution in [3.63, 3.8) is 0 Å². The summed E-state index contributed by atoms with van der Waals surface area (Å²) in [6, 6.07) is 14.2. The normalized spacial score (nSPS) is 14.3. The fourth-order valence-corrected chi connectivity index (χ4v) is 2.60. The molecule has 2 nitrogen and oxygen atoms in total. The third kappa shape index (κ3) is 3.54. The van der Waals surface area contributed by atoms with Gasteiger partial charge in [0.25, 0.3) is 0 Å². The van der Waals surface area contributed by atoms with Crippen LogP contribution in [0.5, 0.6) is 11.5 Å². The van der Waals surface area contributed by atoms with Crippen LogP contribution in [0.15, 0.2) is 46.9 Å². The molecule has 0 atom stereocenters. The third-order valence-corrected chi connectivity index (χ3v) is 4.30. The first kappa shape index (κ1) is 13.9. The quantitative estimate of drug-likeness (QED) is 0.804. The van der Waals surface area contributed by atoms with Gasteiger partial charge in [0.05, 0.1) is 5.02 Å². The van der Waals surface area contributed by atoms with Gasteiger partial charge >= 0.3 is 0 Å². The third-order valence-electron chi connectivity index (χ3n) is 3.25. The van der Waals surface area contributed by atoms with Crippen LogP contribution in [0, 0.1) is 0 Å². The monoisotopic (exact) mass is 351 g/mol. The van der Waals surface area contributed by atoms with Gasteiger partial charge < -0.3 is 10.1 Å². The van der Waals surface area contributed by atoms with Gasteiger partial charge in [0, 0.05) is 17.1 Å². The first-order chi connectivity index (χ1) is 9.72. The molecule has 2 aromatic rings. The summed E-state index contributed by atoms with van der Waals surface area (Å²) >= 11 is 9.69. The van der Waals surface area contributed by atoms with E-state index in [-0.39, 0.29) is 0 Å². The molecule has 0 amide bonds. The van der Waals surface area contributed by atoms with Crippen LogP contribution in [0.2, 0.25) is 5.02 Å². The maximum Gasteiger partial charge on any atom is 0.146 e. The second-order valence-corrected chi connectivity index (χ2v) is 6.20. The van der Waals surface area contributed by atoms with Crippen LogP contribution in [0.4, 0.5) is 0 Å². The predicted molar refractivity (Wildman–Crippen MR) is 85.5 cm³/mol. The molecule has 0 spiro atoms. The van der Waals surface area contributed by atoms with E-state index in [1.165, 1.54) is 18.4 Å². The minimum atomic E-state index is 0.614. The van der Waals surface area contributed by atoms with E-state index < -0.39 is 0 Å². The van der Waals surface area contributed by atoms with Crippen molar-refractivity contribution in [1.29, 1.82) is 0 Å². The fraction of sp³-hybridized carbons (Fsp3) is 0.250. The number of hydrogen-bond donors (Lipinski definition) is 1. The smallest absolute Gasteiger partial charge is 0.146 e. The highest BCUT2D eigenvalue weighted by Crippen LogP contribution is 2.31. The first-order valence-electron chi connectivity index (χ1n) is 6.66. The molecule has 20 heavy (non-hydrogen) atoms. The van der Waals surface area contributed by atoms with Crippen molar-refractivity contribution in [2.75, 3.05) is 0 Å². The number of ether oxygens (including phenoxy) is 1. The number of rotatable bonds is 5. The number of halogens is 2. The molecule has 1 N–H and O–H groups in total. The maximum atomic E-state index is 6.09. The lowest BCUT2D eigenvalue weighted by molar-refractivity contribution is 0.482. The van der Waals surface area contributed by atoms with Crippen molar-refractivity contribution in [1.82, 2.24) is 5.32 Å². The van der Waals surface area contributed by atoms with Gasteiger partial charge in [-0.2, -0.15) is 0 Å². The molecular weight excluding hydrogens is 338 g/mol. The molecule has 2 aromatic carbocycles. The Morgan fingerprint density at radius 3 is 2.70 bits per heavy atom. The van der Waals surface area contributed by atoms with Crippen LogP contribution in [0.3, 0.4) is 0 Å². The van der Waals surface area contributed by atoms with Crippen LogP contribution in [0.1, 0.15) is 18.4 Å². The Balaban J connectivity index is 1.71. The van der Waals surface area contributed by atoms with E-state index in [0.717, 1.165) is 16.8 Å². The molecule has 1 aliphatic carbocycles. The lowest BCUT2D eigenvalue weighted by atomic mass is 10.2. The first-order valence-corrected chi connectivity index (χ1v) is 7.83. The number of benzene rings is 2. The van der Waals surface area contributed by atoms with Crippen LogP contribution in [0.25, 0.3) is 0 Å². The largest absolute Gasteiger partial charge is 0.456 e. The van der Waals surface area contributed by atoms with Gasteiger partial charge in [0.15, 0.2) is 0 Å². The Labute approximate surface area is 132 Å². The molecule has 0 aliphatic heterocycles. The zero-order valence-corrected chi connectivity index (χ0v) is 13.2. The van der Waals surface area contributed by atoms with Gasteiger partial charge in [-0.3, -0.25) is 0 Å². The number of para-hydroxylation sites is 1. The van der Waals surface area contributed by atoms with E-state index in [0.29, 0.717) is 16.8 Å². The summed E-state index contributed by atoms with van der Waals surface area (Å²) in [5, 5.41) is 4.11. The number of hydrogen-bond acceptors (Lipinski definition) is 2. The molecule has 1 fully saturated rings. The van der Waals surface area contributed by atoms with Gasteiger partial charge in [0.2, 0.25) is 0 Å². The topological polar surface area (TPSA) is 21.3 Å². The molecule has 4 heteroatoms. The molecule has 0 unspecified atom stereocenters. The summed E-state index contributed by atoms with van der Waals surface area (Å²) in [4.78, 5) is 0. The van der Waals surface area contributed by atoms with Crippen molar-refractivity contribution in [3.05, 3.63) is 57.5 Å². The molecule has 0 aromatic heterocycles. The molecular formula is C16H15BrClNO. The van der Waals surface area contributed by atoms with Crippen molar-refractivity contribution >= 4 is 27.5 Å². The van der Waals surface area contributed by atoms with E-state index in [1.807, 2.05) is 36.4 Å². The van der Waals surface area contributed by atoms with Crippen LogP contribution >= 0.6 is 27.5 Å². The summed E-state index contributed by atoms with van der Waals surface area (Å²) < 4.78 is 6.85. The fourth-order valence-electron chi connectivity index (χ4n) is 1.93. The average molecular weight is 353 g/mol. The Morgan fingerprint density at radius 2 is 2.00 bits per heavy atom. The van der Waals surface area contributed by atoms with E-state index in [1.54, 1.807) is 0 Å². The van der Waals surface area contributed by atoms with Crippen molar-refractivity contribution in [2.45, 2.75) is 25.4 Å². The summed E-state index contributed by atoms with van der Waals surface area (Å²) in [6.45, 7) is 0.887. The molecule has 0 saturated heterocycles. The Bertz CT molecular complexity index is 613. The van der Waals surface area contributed by atoms with E-state index in [9.17, 15) is 0 Å². The van der Waals surface area contributed by atoms with Crippen molar-refractivity contribution in [3.8, 4) is 11.5 Å². The van der Waals surface area contributed by atoms with Gasteiger partial charge in [-0.1, -0.05) is 45.7 Å². The second-order valence-electron chi connectivity index (χ2n) is 4.94. The molecule has 3 rings (SSSR count). The molecule has 0 heterocycles. The Hall–Kier alpha value is -1.03. The van der Waals surface area contributed by atoms with Crippen molar-refractivity contribution in [2.24, 2.45) is 0 Å². The highest BCUT2D eigenvalue weighted by molar-refractivity contribution is 9.10. The average Bonchev–Trinajstić information content (AvgIpc) is 3.25. The lowest BCUT2D eigenvalue weighted by Gasteiger charge is -2.10. The van der Waals surface area contributed by atoms with Gasteiger partial charge in [0.1, 0.15) is 11.5 Å².